The first-order chi connectivity index (χ1) is 38.0. The number of unbranched alkanes of at least 4 members (excludes halogenated alkanes) is 23. The number of carbonyl (C=O) groups is 3. The molecule has 6 nitrogen and oxygen atoms in total. The van der Waals surface area contributed by atoms with E-state index in [-0.39, 0.29) is 31.1 Å². The molecule has 0 aliphatic carbocycles. The van der Waals surface area contributed by atoms with Gasteiger partial charge in [0.15, 0.2) is 6.10 Å². The van der Waals surface area contributed by atoms with Crippen LogP contribution in [0.25, 0.3) is 0 Å². The molecular weight excluding hydrogens is 949 g/mol. The SMILES string of the molecule is CC/C=C\C/C=C\C/C=C\C/C=C\C/C=C\CCCCCCCC(=O)OCC(COC(=O)CCCCCCCCC/C=C\C/C=C\C/C=C\CC)OC(=O)CCCCCCCC/C=C\C/C=C\C/C=C\CCCCCCC. The second-order valence-corrected chi connectivity index (χ2v) is 20.5. The first-order valence-electron chi connectivity index (χ1n) is 31.7. The van der Waals surface area contributed by atoms with Gasteiger partial charge >= 0.3 is 17.9 Å². The van der Waals surface area contributed by atoms with Crippen molar-refractivity contribution in [1.82, 2.24) is 0 Å². The lowest BCUT2D eigenvalue weighted by Gasteiger charge is -2.18. The van der Waals surface area contributed by atoms with Crippen LogP contribution in [0.3, 0.4) is 0 Å². The van der Waals surface area contributed by atoms with Crippen molar-refractivity contribution in [2.24, 2.45) is 0 Å². The maximum Gasteiger partial charge on any atom is 0.306 e. The Morgan fingerprint density at radius 3 is 0.792 bits per heavy atom. The van der Waals surface area contributed by atoms with Crippen LogP contribution in [0.5, 0.6) is 0 Å². The molecule has 1 unspecified atom stereocenters. The van der Waals surface area contributed by atoms with Crippen molar-refractivity contribution in [1.29, 1.82) is 0 Å². The maximum atomic E-state index is 12.9. The third-order valence-corrected chi connectivity index (χ3v) is 13.1. The zero-order chi connectivity index (χ0) is 55.7. The quantitative estimate of drug-likeness (QED) is 0.0261. The van der Waals surface area contributed by atoms with Gasteiger partial charge in [0.05, 0.1) is 0 Å². The van der Waals surface area contributed by atoms with E-state index in [0.29, 0.717) is 19.3 Å². The molecule has 0 spiro atoms. The smallest absolute Gasteiger partial charge is 0.306 e. The molecule has 0 aromatic rings. The van der Waals surface area contributed by atoms with E-state index >= 15 is 0 Å². The number of ether oxygens (including phenoxy) is 3. The first-order valence-corrected chi connectivity index (χ1v) is 31.7. The van der Waals surface area contributed by atoms with Gasteiger partial charge in [-0.05, 0) is 135 Å². The van der Waals surface area contributed by atoms with Crippen LogP contribution in [-0.4, -0.2) is 37.2 Å². The Bertz CT molecular complexity index is 1650. The molecule has 0 rings (SSSR count). The number of hydrogen-bond donors (Lipinski definition) is 0. The summed E-state index contributed by atoms with van der Waals surface area (Å²) < 4.78 is 16.9. The predicted molar refractivity (Wildman–Crippen MR) is 334 cm³/mol. The first kappa shape index (κ1) is 72.5. The average Bonchev–Trinajstić information content (AvgIpc) is 3.43. The summed E-state index contributed by atoms with van der Waals surface area (Å²) in [6.07, 6.45) is 90.1. The summed E-state index contributed by atoms with van der Waals surface area (Å²) in [6.45, 7) is 6.38. The Hall–Kier alpha value is -4.45. The van der Waals surface area contributed by atoms with Crippen molar-refractivity contribution in [2.75, 3.05) is 13.2 Å². The Morgan fingerprint density at radius 1 is 0.273 bits per heavy atom. The van der Waals surface area contributed by atoms with E-state index in [4.69, 9.17) is 14.2 Å². The summed E-state index contributed by atoms with van der Waals surface area (Å²) in [5.41, 5.74) is 0. The topological polar surface area (TPSA) is 78.9 Å². The Balaban J connectivity index is 4.49. The lowest BCUT2D eigenvalue weighted by atomic mass is 10.1. The van der Waals surface area contributed by atoms with E-state index < -0.39 is 6.10 Å². The summed E-state index contributed by atoms with van der Waals surface area (Å²) in [6, 6.07) is 0. The molecule has 0 bridgehead atoms. The lowest BCUT2D eigenvalue weighted by molar-refractivity contribution is -0.167. The van der Waals surface area contributed by atoms with Crippen molar-refractivity contribution in [3.05, 3.63) is 134 Å². The monoisotopic (exact) mass is 1060 g/mol. The molecule has 77 heavy (non-hydrogen) atoms. The number of carbonyl (C=O) groups excluding carboxylic acids is 3. The standard InChI is InChI=1S/C71H116O6/c1-4-7-10-13-16-19-22-25-28-31-33-35-37-40-43-46-49-52-55-58-61-64-70(73)76-67-68(66-75-69(72)63-60-57-54-51-48-45-42-39-30-27-24-21-18-15-12-9-6-3)77-71(74)65-62-59-56-53-50-47-44-41-38-36-34-32-29-26-23-20-17-14-11-8-5-2/h7,9-10,12,16,18-19,21,23,25-28,30,32-35,38,40-41,43,68H,4-6,8,11,13-15,17,20,22,24,29,31,36-37,39,42,44-67H2,1-3H3/b10-7-,12-9-,19-16-,21-18-,26-23-,28-25-,30-27-,34-32-,35-33-,41-38-,43-40-. The molecule has 436 valence electrons. The van der Waals surface area contributed by atoms with Gasteiger partial charge in [0.25, 0.3) is 0 Å². The fraction of sp³-hybridized carbons (Fsp3) is 0.648. The van der Waals surface area contributed by atoms with Crippen molar-refractivity contribution < 1.29 is 28.6 Å². The molecule has 0 saturated carbocycles. The van der Waals surface area contributed by atoms with Crippen LogP contribution in [0.1, 0.15) is 278 Å². The fourth-order valence-corrected chi connectivity index (χ4v) is 8.43. The van der Waals surface area contributed by atoms with Gasteiger partial charge in [-0.25, -0.2) is 0 Å². The molecule has 0 aromatic heterocycles. The van der Waals surface area contributed by atoms with Crippen molar-refractivity contribution in [2.45, 2.75) is 284 Å². The summed E-state index contributed by atoms with van der Waals surface area (Å²) in [5, 5.41) is 0. The molecule has 0 aliphatic rings. The van der Waals surface area contributed by atoms with Gasteiger partial charge in [-0.3, -0.25) is 14.4 Å². The Kier molecular flexibility index (Phi) is 60.4. The van der Waals surface area contributed by atoms with E-state index in [0.717, 1.165) is 161 Å². The van der Waals surface area contributed by atoms with Crippen molar-refractivity contribution >= 4 is 17.9 Å². The number of esters is 3. The third kappa shape index (κ3) is 62.3. The van der Waals surface area contributed by atoms with E-state index in [1.54, 1.807) is 0 Å². The van der Waals surface area contributed by atoms with Crippen LogP contribution in [0.2, 0.25) is 0 Å². The minimum Gasteiger partial charge on any atom is -0.462 e. The molecule has 0 N–H and O–H groups in total. The van der Waals surface area contributed by atoms with E-state index in [9.17, 15) is 14.4 Å². The second-order valence-electron chi connectivity index (χ2n) is 20.5. The van der Waals surface area contributed by atoms with E-state index in [1.807, 2.05) is 0 Å². The van der Waals surface area contributed by atoms with Crippen LogP contribution in [0.15, 0.2) is 134 Å². The Morgan fingerprint density at radius 2 is 0.506 bits per heavy atom. The minimum absolute atomic E-state index is 0.0990. The molecule has 0 aromatic carbocycles. The molecule has 0 saturated heterocycles. The molecule has 0 radical (unpaired) electrons. The summed E-state index contributed by atoms with van der Waals surface area (Å²) >= 11 is 0. The number of allylic oxidation sites excluding steroid dienone is 22. The zero-order valence-corrected chi connectivity index (χ0v) is 49.9. The van der Waals surface area contributed by atoms with Crippen LogP contribution in [0, 0.1) is 0 Å². The van der Waals surface area contributed by atoms with Gasteiger partial charge in [-0.15, -0.1) is 0 Å². The van der Waals surface area contributed by atoms with Crippen molar-refractivity contribution in [3.8, 4) is 0 Å². The van der Waals surface area contributed by atoms with Crippen LogP contribution >= 0.6 is 0 Å². The largest absolute Gasteiger partial charge is 0.462 e. The van der Waals surface area contributed by atoms with Gasteiger partial charge in [0.1, 0.15) is 13.2 Å². The number of hydrogen-bond acceptors (Lipinski definition) is 6. The highest BCUT2D eigenvalue weighted by molar-refractivity contribution is 5.71. The van der Waals surface area contributed by atoms with Gasteiger partial charge < -0.3 is 14.2 Å². The molecule has 0 heterocycles. The molecule has 0 amide bonds. The molecule has 0 aliphatic heterocycles. The summed E-state index contributed by atoms with van der Waals surface area (Å²) in [5.74, 6) is -0.938. The van der Waals surface area contributed by atoms with Gasteiger partial charge in [-0.1, -0.05) is 257 Å². The summed E-state index contributed by atoms with van der Waals surface area (Å²) in [4.78, 5) is 38.4. The average molecular weight is 1070 g/mol. The molecule has 6 heteroatoms. The summed E-state index contributed by atoms with van der Waals surface area (Å²) in [7, 11) is 0. The second kappa shape index (κ2) is 64.1. The third-order valence-electron chi connectivity index (χ3n) is 13.1. The van der Waals surface area contributed by atoms with Crippen LogP contribution in [-0.2, 0) is 28.6 Å². The highest BCUT2D eigenvalue weighted by Gasteiger charge is 2.19. The number of rotatable bonds is 56. The lowest BCUT2D eigenvalue weighted by Crippen LogP contribution is -2.30. The van der Waals surface area contributed by atoms with Crippen LogP contribution in [0.4, 0.5) is 0 Å². The van der Waals surface area contributed by atoms with Gasteiger partial charge in [0.2, 0.25) is 0 Å². The van der Waals surface area contributed by atoms with Crippen LogP contribution < -0.4 is 0 Å². The highest BCUT2D eigenvalue weighted by Crippen LogP contribution is 2.14. The van der Waals surface area contributed by atoms with E-state index in [2.05, 4.69) is 154 Å². The Labute approximate surface area is 475 Å². The van der Waals surface area contributed by atoms with Gasteiger partial charge in [0, 0.05) is 19.3 Å². The fourth-order valence-electron chi connectivity index (χ4n) is 8.43. The predicted octanol–water partition coefficient (Wildman–Crippen LogP) is 21.8. The highest BCUT2D eigenvalue weighted by atomic mass is 16.6. The normalized spacial score (nSPS) is 13.0. The molecule has 0 fully saturated rings. The zero-order valence-electron chi connectivity index (χ0n) is 49.9. The van der Waals surface area contributed by atoms with E-state index in [1.165, 1.54) is 77.0 Å². The molecule has 1 atom stereocenters. The maximum absolute atomic E-state index is 12.9. The minimum atomic E-state index is -0.805. The van der Waals surface area contributed by atoms with Gasteiger partial charge in [-0.2, -0.15) is 0 Å². The van der Waals surface area contributed by atoms with Crippen molar-refractivity contribution in [3.63, 3.8) is 0 Å². The molecular formula is C71H116O6.